The van der Waals surface area contributed by atoms with E-state index >= 15 is 0 Å². The Kier molecular flexibility index (Phi) is 4.89. The predicted octanol–water partition coefficient (Wildman–Crippen LogP) is 3.78. The van der Waals surface area contributed by atoms with Crippen LogP contribution in [0, 0.1) is 12.8 Å². The summed E-state index contributed by atoms with van der Waals surface area (Å²) in [4.78, 5) is 17.7. The van der Waals surface area contributed by atoms with Gasteiger partial charge in [-0.05, 0) is 43.0 Å². The summed E-state index contributed by atoms with van der Waals surface area (Å²) in [5, 5.41) is 0. The summed E-state index contributed by atoms with van der Waals surface area (Å²) < 4.78 is 38.4. The topological polar surface area (TPSA) is 59.2 Å². The summed E-state index contributed by atoms with van der Waals surface area (Å²) >= 11 is 0. The first-order valence-corrected chi connectivity index (χ1v) is 8.44. The van der Waals surface area contributed by atoms with E-state index in [1.54, 1.807) is 12.4 Å². The molecule has 0 unspecified atom stereocenters. The molecule has 26 heavy (non-hydrogen) atoms. The molecule has 0 radical (unpaired) electrons. The Hall–Kier alpha value is -2.57. The van der Waals surface area contributed by atoms with Gasteiger partial charge in [0.05, 0.1) is 11.3 Å². The molecular weight excluding hydrogens is 343 g/mol. The molecule has 0 spiro atoms. The number of carbonyl (C=O) groups is 1. The molecule has 7 heteroatoms. The van der Waals surface area contributed by atoms with E-state index < -0.39 is 11.7 Å². The van der Waals surface area contributed by atoms with Crippen LogP contribution in [0.4, 0.5) is 18.9 Å². The van der Waals surface area contributed by atoms with Crippen LogP contribution < -0.4 is 10.6 Å². The second-order valence-electron chi connectivity index (χ2n) is 6.59. The van der Waals surface area contributed by atoms with Gasteiger partial charge in [0, 0.05) is 37.0 Å². The van der Waals surface area contributed by atoms with Crippen LogP contribution in [0.1, 0.15) is 24.0 Å². The van der Waals surface area contributed by atoms with Crippen molar-refractivity contribution in [3.63, 3.8) is 0 Å². The van der Waals surface area contributed by atoms with E-state index in [0.717, 1.165) is 28.9 Å². The number of aryl methyl sites for hydroxylation is 1. The van der Waals surface area contributed by atoms with Crippen LogP contribution in [0.15, 0.2) is 36.7 Å². The number of carbonyl (C=O) groups excluding carboxylic acids is 1. The van der Waals surface area contributed by atoms with Gasteiger partial charge in [0.1, 0.15) is 0 Å². The van der Waals surface area contributed by atoms with Crippen LogP contribution in [-0.2, 0) is 11.0 Å². The average Bonchev–Trinajstić information content (AvgIpc) is 2.61. The molecule has 2 N–H and O–H groups in total. The lowest BCUT2D eigenvalue weighted by molar-refractivity contribution is -0.137. The third kappa shape index (κ3) is 3.66. The van der Waals surface area contributed by atoms with E-state index in [0.29, 0.717) is 31.5 Å². The smallest absolute Gasteiger partial charge is 0.371 e. The highest BCUT2D eigenvalue weighted by Gasteiger charge is 2.30. The minimum atomic E-state index is -4.36. The lowest BCUT2D eigenvalue weighted by atomic mass is 9.94. The van der Waals surface area contributed by atoms with Gasteiger partial charge in [-0.3, -0.25) is 9.78 Å². The average molecular weight is 363 g/mol. The summed E-state index contributed by atoms with van der Waals surface area (Å²) in [5.74, 6) is -0.401. The number of aromatic nitrogens is 1. The number of piperidine rings is 1. The highest BCUT2D eigenvalue weighted by atomic mass is 19.4. The molecule has 138 valence electrons. The molecule has 4 nitrogen and oxygen atoms in total. The maximum absolute atomic E-state index is 12.8. The van der Waals surface area contributed by atoms with Crippen LogP contribution >= 0.6 is 0 Å². The fourth-order valence-corrected chi connectivity index (χ4v) is 3.42. The third-order valence-electron chi connectivity index (χ3n) is 4.84. The second-order valence-corrected chi connectivity index (χ2v) is 6.59. The van der Waals surface area contributed by atoms with Crippen LogP contribution in [-0.4, -0.2) is 24.0 Å². The van der Waals surface area contributed by atoms with E-state index in [9.17, 15) is 18.0 Å². The minimum Gasteiger partial charge on any atom is -0.371 e. The molecule has 2 aromatic rings. The van der Waals surface area contributed by atoms with Gasteiger partial charge in [0.25, 0.3) is 0 Å². The summed E-state index contributed by atoms with van der Waals surface area (Å²) in [5.41, 5.74) is 8.08. The van der Waals surface area contributed by atoms with E-state index in [-0.39, 0.29) is 11.8 Å². The van der Waals surface area contributed by atoms with Crippen molar-refractivity contribution in [2.24, 2.45) is 11.7 Å². The van der Waals surface area contributed by atoms with Crippen molar-refractivity contribution in [3.05, 3.63) is 47.8 Å². The monoisotopic (exact) mass is 363 g/mol. The number of rotatable bonds is 3. The van der Waals surface area contributed by atoms with Crippen molar-refractivity contribution in [1.82, 2.24) is 4.98 Å². The van der Waals surface area contributed by atoms with Crippen LogP contribution in [0.5, 0.6) is 0 Å². The number of anilines is 1. The molecule has 3 rings (SSSR count). The summed E-state index contributed by atoms with van der Waals surface area (Å²) in [6, 6.07) is 5.11. The number of pyridine rings is 1. The van der Waals surface area contributed by atoms with Gasteiger partial charge < -0.3 is 10.6 Å². The number of nitrogens with two attached hydrogens (primary N) is 1. The molecular formula is C19H20F3N3O. The van der Waals surface area contributed by atoms with Gasteiger partial charge in [-0.1, -0.05) is 12.1 Å². The lowest BCUT2D eigenvalue weighted by Gasteiger charge is -2.34. The Morgan fingerprint density at radius 3 is 2.31 bits per heavy atom. The summed E-state index contributed by atoms with van der Waals surface area (Å²) in [6.07, 6.45) is 0.393. The van der Waals surface area contributed by atoms with Gasteiger partial charge in [0.15, 0.2) is 0 Å². The van der Waals surface area contributed by atoms with Gasteiger partial charge in [-0.25, -0.2) is 0 Å². The first-order valence-electron chi connectivity index (χ1n) is 8.44. The number of hydrogen-bond acceptors (Lipinski definition) is 3. The molecule has 0 atom stereocenters. The Balaban J connectivity index is 1.92. The van der Waals surface area contributed by atoms with Crippen LogP contribution in [0.2, 0.25) is 0 Å². The molecule has 2 heterocycles. The Morgan fingerprint density at radius 2 is 1.77 bits per heavy atom. The Bertz CT molecular complexity index is 795. The Morgan fingerprint density at radius 1 is 1.15 bits per heavy atom. The number of primary amides is 1. The Labute approximate surface area is 149 Å². The number of benzene rings is 1. The maximum atomic E-state index is 12.8. The van der Waals surface area contributed by atoms with Gasteiger partial charge in [-0.2, -0.15) is 13.2 Å². The van der Waals surface area contributed by atoms with E-state index in [4.69, 9.17) is 5.73 Å². The number of halogens is 3. The van der Waals surface area contributed by atoms with Crippen LogP contribution in [0.3, 0.4) is 0 Å². The molecule has 1 amide bonds. The molecule has 0 bridgehead atoms. The molecule has 0 saturated carbocycles. The van der Waals surface area contributed by atoms with E-state index in [2.05, 4.69) is 9.88 Å². The zero-order valence-electron chi connectivity index (χ0n) is 14.4. The van der Waals surface area contributed by atoms with Gasteiger partial charge >= 0.3 is 6.18 Å². The molecule has 1 saturated heterocycles. The first-order chi connectivity index (χ1) is 12.3. The highest BCUT2D eigenvalue weighted by molar-refractivity contribution is 5.81. The molecule has 1 fully saturated rings. The van der Waals surface area contributed by atoms with E-state index in [1.165, 1.54) is 12.1 Å². The molecule has 0 aliphatic carbocycles. The second kappa shape index (κ2) is 6.97. The van der Waals surface area contributed by atoms with Crippen molar-refractivity contribution < 1.29 is 18.0 Å². The number of alkyl halides is 3. The highest BCUT2D eigenvalue weighted by Crippen LogP contribution is 2.37. The zero-order valence-corrected chi connectivity index (χ0v) is 14.4. The molecule has 1 aromatic carbocycles. The predicted molar refractivity (Wildman–Crippen MR) is 93.5 cm³/mol. The van der Waals surface area contributed by atoms with Crippen molar-refractivity contribution >= 4 is 11.6 Å². The van der Waals surface area contributed by atoms with Crippen molar-refractivity contribution in [2.75, 3.05) is 18.0 Å². The number of amides is 1. The third-order valence-corrected chi connectivity index (χ3v) is 4.84. The van der Waals surface area contributed by atoms with E-state index in [1.807, 2.05) is 6.92 Å². The van der Waals surface area contributed by atoms with Crippen molar-refractivity contribution in [2.45, 2.75) is 25.9 Å². The van der Waals surface area contributed by atoms with Gasteiger partial charge in [0.2, 0.25) is 5.91 Å². The fourth-order valence-electron chi connectivity index (χ4n) is 3.42. The molecule has 1 aromatic heterocycles. The number of hydrogen-bond donors (Lipinski definition) is 1. The SMILES string of the molecule is Cc1cncc(-c2ccc(C(F)(F)F)cc2)c1N1CCC(C(N)=O)CC1. The summed E-state index contributed by atoms with van der Waals surface area (Å²) in [6.45, 7) is 3.27. The van der Waals surface area contributed by atoms with Crippen molar-refractivity contribution in [1.29, 1.82) is 0 Å². The zero-order chi connectivity index (χ0) is 18.9. The standard InChI is InChI=1S/C19H20F3N3O/c1-12-10-24-11-16(13-2-4-15(5-3-13)19(20,21)22)17(12)25-8-6-14(7-9-25)18(23)26/h2-5,10-11,14H,6-9H2,1H3,(H2,23,26). The largest absolute Gasteiger partial charge is 0.416 e. The quantitative estimate of drug-likeness (QED) is 0.903. The maximum Gasteiger partial charge on any atom is 0.416 e. The lowest BCUT2D eigenvalue weighted by Crippen LogP contribution is -2.39. The van der Waals surface area contributed by atoms with Crippen LogP contribution in [0.25, 0.3) is 11.1 Å². The fraction of sp³-hybridized carbons (Fsp3) is 0.368. The number of nitrogens with zero attached hydrogens (tertiary/aromatic N) is 2. The van der Waals surface area contributed by atoms with Crippen molar-refractivity contribution in [3.8, 4) is 11.1 Å². The first kappa shape index (κ1) is 18.2. The molecule has 1 aliphatic rings. The normalized spacial score (nSPS) is 15.9. The molecule has 1 aliphatic heterocycles. The van der Waals surface area contributed by atoms with Gasteiger partial charge in [-0.15, -0.1) is 0 Å². The summed E-state index contributed by atoms with van der Waals surface area (Å²) in [7, 11) is 0. The minimum absolute atomic E-state index is 0.122.